The molecule has 0 aliphatic carbocycles. The number of nitrogens with zero attached hydrogens (tertiary/aromatic N) is 1. The molecule has 0 N–H and O–H groups in total. The third kappa shape index (κ3) is 3.69. The molecule has 0 aromatic heterocycles. The van der Waals surface area contributed by atoms with Gasteiger partial charge in [0, 0.05) is 20.8 Å². The number of piperidine rings is 1. The van der Waals surface area contributed by atoms with Crippen LogP contribution in [0.3, 0.4) is 0 Å². The Morgan fingerprint density at radius 1 is 1.00 bits per heavy atom. The van der Waals surface area contributed by atoms with Crippen LogP contribution in [0.1, 0.15) is 20.8 Å². The van der Waals surface area contributed by atoms with Crippen LogP contribution in [0.25, 0.3) is 0 Å². The number of fused-ring (bicyclic) bond motifs is 1. The van der Waals surface area contributed by atoms with E-state index in [2.05, 4.69) is 0 Å². The second-order valence-electron chi connectivity index (χ2n) is 5.26. The summed E-state index contributed by atoms with van der Waals surface area (Å²) in [5, 5.41) is -0.928. The predicted octanol–water partition coefficient (Wildman–Crippen LogP) is -1.29. The molecule has 9 nitrogen and oxygen atoms in total. The molecule has 2 heterocycles. The Balaban J connectivity index is 2.39. The van der Waals surface area contributed by atoms with Crippen LogP contribution in [-0.4, -0.2) is 68.9 Å². The molecular formula is C13H17NO8S. The number of carbonyl (C=O) groups is 4. The fourth-order valence-corrected chi connectivity index (χ4v) is 4.32. The number of amides is 1. The summed E-state index contributed by atoms with van der Waals surface area (Å²) in [5.41, 5.74) is 0. The second-order valence-corrected chi connectivity index (χ2v) is 6.79. The summed E-state index contributed by atoms with van der Waals surface area (Å²) in [7, 11) is -1.61. The lowest BCUT2D eigenvalue weighted by atomic mass is 10.0. The summed E-state index contributed by atoms with van der Waals surface area (Å²) in [6.07, 6.45) is -3.30. The van der Waals surface area contributed by atoms with Gasteiger partial charge in [0.2, 0.25) is 5.91 Å². The fraction of sp³-hybridized carbons (Fsp3) is 0.692. The molecule has 2 aliphatic heterocycles. The normalized spacial score (nSPS) is 32.9. The first-order chi connectivity index (χ1) is 10.7. The Morgan fingerprint density at radius 2 is 1.52 bits per heavy atom. The first-order valence-corrected chi connectivity index (χ1v) is 8.27. The third-order valence-corrected chi connectivity index (χ3v) is 5.02. The molecule has 0 aromatic rings. The highest BCUT2D eigenvalue weighted by atomic mass is 32.2. The van der Waals surface area contributed by atoms with Gasteiger partial charge in [0.1, 0.15) is 11.1 Å². The summed E-state index contributed by atoms with van der Waals surface area (Å²) in [5.74, 6) is -2.62. The van der Waals surface area contributed by atoms with Crippen LogP contribution in [0, 0.1) is 0 Å². The SMILES string of the molecule is CC(=O)O[C@@H]1[C@H](OC(C)=O)[C@H](OC(C)=O)CN2C(=O)C[S@](=O)[C@@H]12. The van der Waals surface area contributed by atoms with E-state index in [-0.39, 0.29) is 12.3 Å². The molecule has 2 rings (SSSR count). The quantitative estimate of drug-likeness (QED) is 0.457. The van der Waals surface area contributed by atoms with Gasteiger partial charge < -0.3 is 19.1 Å². The predicted molar refractivity (Wildman–Crippen MR) is 75.2 cm³/mol. The van der Waals surface area contributed by atoms with E-state index < -0.39 is 58.3 Å². The summed E-state index contributed by atoms with van der Waals surface area (Å²) < 4.78 is 27.6. The zero-order chi connectivity index (χ0) is 17.3. The molecule has 128 valence electrons. The van der Waals surface area contributed by atoms with Crippen molar-refractivity contribution < 1.29 is 37.6 Å². The summed E-state index contributed by atoms with van der Waals surface area (Å²) >= 11 is 0. The van der Waals surface area contributed by atoms with E-state index in [0.717, 1.165) is 13.8 Å². The molecule has 23 heavy (non-hydrogen) atoms. The Labute approximate surface area is 134 Å². The van der Waals surface area contributed by atoms with Gasteiger partial charge in [-0.2, -0.15) is 0 Å². The first kappa shape index (κ1) is 17.4. The molecule has 0 radical (unpaired) electrons. The van der Waals surface area contributed by atoms with Crippen LogP contribution >= 0.6 is 0 Å². The number of hydrogen-bond acceptors (Lipinski definition) is 8. The number of esters is 3. The number of hydrogen-bond donors (Lipinski definition) is 0. The highest BCUT2D eigenvalue weighted by molar-refractivity contribution is 7.86. The smallest absolute Gasteiger partial charge is 0.303 e. The van der Waals surface area contributed by atoms with Crippen molar-refractivity contribution in [3.63, 3.8) is 0 Å². The van der Waals surface area contributed by atoms with E-state index in [1.165, 1.54) is 11.8 Å². The van der Waals surface area contributed by atoms with E-state index >= 15 is 0 Å². The largest absolute Gasteiger partial charge is 0.457 e. The van der Waals surface area contributed by atoms with E-state index in [4.69, 9.17) is 14.2 Å². The molecule has 2 saturated heterocycles. The standard InChI is InChI=1S/C13H17NO8S/c1-6(15)20-9-4-14-10(18)5-23(19)13(14)12(22-8(3)17)11(9)21-7(2)16/h9,11-13H,4-5H2,1-3H3/t9-,11-,12-,13+,23+/m1/s1. The minimum atomic E-state index is -1.61. The topological polar surface area (TPSA) is 116 Å². The number of rotatable bonds is 3. The average Bonchev–Trinajstić information content (AvgIpc) is 2.66. The summed E-state index contributed by atoms with van der Waals surface area (Å²) in [4.78, 5) is 47.2. The zero-order valence-corrected chi connectivity index (χ0v) is 13.7. The molecule has 1 amide bonds. The van der Waals surface area contributed by atoms with Gasteiger partial charge in [-0.05, 0) is 0 Å². The minimum absolute atomic E-state index is 0.0788. The van der Waals surface area contributed by atoms with Crippen molar-refractivity contribution >= 4 is 34.6 Å². The molecule has 0 unspecified atom stereocenters. The first-order valence-electron chi connectivity index (χ1n) is 6.89. The Bertz CT molecular complexity index is 576. The molecule has 0 saturated carbocycles. The lowest BCUT2D eigenvalue weighted by Gasteiger charge is -2.43. The van der Waals surface area contributed by atoms with Gasteiger partial charge in [0.05, 0.1) is 17.3 Å². The van der Waals surface area contributed by atoms with Gasteiger partial charge in [-0.3, -0.25) is 23.4 Å². The number of carbonyl (C=O) groups excluding carboxylic acids is 4. The summed E-state index contributed by atoms with van der Waals surface area (Å²) in [6, 6.07) is 0. The monoisotopic (exact) mass is 347 g/mol. The maximum Gasteiger partial charge on any atom is 0.303 e. The summed E-state index contributed by atoms with van der Waals surface area (Å²) in [6.45, 7) is 3.38. The van der Waals surface area contributed by atoms with Gasteiger partial charge in [0.25, 0.3) is 0 Å². The van der Waals surface area contributed by atoms with Crippen molar-refractivity contribution in [1.82, 2.24) is 4.90 Å². The Morgan fingerprint density at radius 3 is 2.04 bits per heavy atom. The van der Waals surface area contributed by atoms with Crippen LogP contribution < -0.4 is 0 Å². The van der Waals surface area contributed by atoms with Crippen LogP contribution in [0.2, 0.25) is 0 Å². The van der Waals surface area contributed by atoms with Crippen molar-refractivity contribution in [2.24, 2.45) is 0 Å². The maximum atomic E-state index is 12.2. The molecule has 10 heteroatoms. The highest BCUT2D eigenvalue weighted by Gasteiger charge is 2.56. The second kappa shape index (κ2) is 6.65. The molecule has 0 bridgehead atoms. The van der Waals surface area contributed by atoms with E-state index in [9.17, 15) is 23.4 Å². The Kier molecular flexibility index (Phi) is 5.03. The van der Waals surface area contributed by atoms with Gasteiger partial charge in [-0.1, -0.05) is 0 Å². The zero-order valence-electron chi connectivity index (χ0n) is 12.8. The van der Waals surface area contributed by atoms with Crippen LogP contribution in [0.4, 0.5) is 0 Å². The van der Waals surface area contributed by atoms with E-state index in [0.29, 0.717) is 0 Å². The third-order valence-electron chi connectivity index (χ3n) is 3.43. The molecular weight excluding hydrogens is 330 g/mol. The lowest BCUT2D eigenvalue weighted by molar-refractivity contribution is -0.197. The fourth-order valence-electron chi connectivity index (χ4n) is 2.75. The van der Waals surface area contributed by atoms with Crippen molar-refractivity contribution in [2.75, 3.05) is 12.3 Å². The Hall–Kier alpha value is -1.97. The van der Waals surface area contributed by atoms with Gasteiger partial charge in [-0.15, -0.1) is 0 Å². The van der Waals surface area contributed by atoms with Crippen molar-refractivity contribution in [2.45, 2.75) is 44.5 Å². The minimum Gasteiger partial charge on any atom is -0.457 e. The number of ether oxygens (including phenoxy) is 3. The van der Waals surface area contributed by atoms with Crippen molar-refractivity contribution in [1.29, 1.82) is 0 Å². The van der Waals surface area contributed by atoms with Crippen molar-refractivity contribution in [3.8, 4) is 0 Å². The van der Waals surface area contributed by atoms with Gasteiger partial charge in [-0.25, -0.2) is 0 Å². The van der Waals surface area contributed by atoms with Crippen LogP contribution in [-0.2, 0) is 44.2 Å². The highest BCUT2D eigenvalue weighted by Crippen LogP contribution is 2.32. The molecule has 2 fully saturated rings. The molecule has 0 spiro atoms. The molecule has 5 atom stereocenters. The van der Waals surface area contributed by atoms with Crippen LogP contribution in [0.5, 0.6) is 0 Å². The molecule has 2 aliphatic rings. The van der Waals surface area contributed by atoms with E-state index in [1.807, 2.05) is 0 Å². The van der Waals surface area contributed by atoms with Gasteiger partial charge >= 0.3 is 17.9 Å². The lowest BCUT2D eigenvalue weighted by Crippen LogP contribution is -2.63. The maximum absolute atomic E-state index is 12.2. The average molecular weight is 347 g/mol. The van der Waals surface area contributed by atoms with Gasteiger partial charge in [0.15, 0.2) is 18.3 Å². The molecule has 0 aromatic carbocycles. The van der Waals surface area contributed by atoms with Crippen molar-refractivity contribution in [3.05, 3.63) is 0 Å². The van der Waals surface area contributed by atoms with Crippen LogP contribution in [0.15, 0.2) is 0 Å². The van der Waals surface area contributed by atoms with E-state index in [1.54, 1.807) is 0 Å².